The van der Waals surface area contributed by atoms with E-state index in [0.717, 1.165) is 4.88 Å². The Bertz CT molecular complexity index is 570. The van der Waals surface area contributed by atoms with Crippen LogP contribution in [0, 0.1) is 11.3 Å². The highest BCUT2D eigenvalue weighted by Crippen LogP contribution is 2.11. The molecule has 96 valence electrons. The van der Waals surface area contributed by atoms with Crippen molar-refractivity contribution in [3.8, 4) is 11.8 Å². The monoisotopic (exact) mass is 272 g/mol. The maximum Gasteiger partial charge on any atom is 0.258 e. The molecule has 1 amide bonds. The van der Waals surface area contributed by atoms with E-state index in [-0.39, 0.29) is 12.5 Å². The van der Waals surface area contributed by atoms with Crippen molar-refractivity contribution in [2.45, 2.75) is 6.54 Å². The molecule has 1 aromatic carbocycles. The third kappa shape index (κ3) is 4.12. The van der Waals surface area contributed by atoms with Crippen molar-refractivity contribution >= 4 is 17.2 Å². The topological polar surface area (TPSA) is 62.1 Å². The van der Waals surface area contributed by atoms with Crippen LogP contribution < -0.4 is 10.1 Å². The summed E-state index contributed by atoms with van der Waals surface area (Å²) in [6.07, 6.45) is 0. The van der Waals surface area contributed by atoms with E-state index in [1.54, 1.807) is 35.6 Å². The molecule has 2 rings (SSSR count). The van der Waals surface area contributed by atoms with Crippen LogP contribution in [0.4, 0.5) is 0 Å². The molecule has 0 fully saturated rings. The number of thiophene rings is 1. The third-order valence-electron chi connectivity index (χ3n) is 2.39. The molecule has 2 aromatic rings. The summed E-state index contributed by atoms with van der Waals surface area (Å²) >= 11 is 1.60. The molecule has 0 atom stereocenters. The molecule has 19 heavy (non-hydrogen) atoms. The fourth-order valence-corrected chi connectivity index (χ4v) is 2.07. The maximum absolute atomic E-state index is 11.6. The summed E-state index contributed by atoms with van der Waals surface area (Å²) in [7, 11) is 0. The Morgan fingerprint density at radius 1 is 1.32 bits per heavy atom. The van der Waals surface area contributed by atoms with Gasteiger partial charge in [0, 0.05) is 4.88 Å². The number of ether oxygens (including phenoxy) is 1. The first-order valence-electron chi connectivity index (χ1n) is 5.70. The summed E-state index contributed by atoms with van der Waals surface area (Å²) in [5.41, 5.74) is 0.564. The molecule has 5 heteroatoms. The lowest BCUT2D eigenvalue weighted by Crippen LogP contribution is -2.28. The van der Waals surface area contributed by atoms with Gasteiger partial charge < -0.3 is 10.1 Å². The highest BCUT2D eigenvalue weighted by atomic mass is 32.1. The standard InChI is InChI=1S/C14H12N2O2S/c15-8-11-3-5-12(6-4-11)18-10-14(17)16-9-13-2-1-7-19-13/h1-7H,9-10H2,(H,16,17). The maximum atomic E-state index is 11.6. The van der Waals surface area contributed by atoms with E-state index in [4.69, 9.17) is 10.00 Å². The summed E-state index contributed by atoms with van der Waals surface area (Å²) in [5, 5.41) is 13.4. The van der Waals surface area contributed by atoms with E-state index in [1.165, 1.54) is 0 Å². The van der Waals surface area contributed by atoms with Crippen LogP contribution in [0.2, 0.25) is 0 Å². The van der Waals surface area contributed by atoms with Crippen molar-refractivity contribution in [2.75, 3.05) is 6.61 Å². The quantitative estimate of drug-likeness (QED) is 0.908. The largest absolute Gasteiger partial charge is 0.484 e. The normalized spacial score (nSPS) is 9.63. The Labute approximate surface area is 115 Å². The molecule has 0 spiro atoms. The summed E-state index contributed by atoms with van der Waals surface area (Å²) < 4.78 is 5.32. The minimum Gasteiger partial charge on any atom is -0.484 e. The van der Waals surface area contributed by atoms with Crippen LogP contribution in [0.15, 0.2) is 41.8 Å². The zero-order valence-corrected chi connectivity index (χ0v) is 10.9. The van der Waals surface area contributed by atoms with Gasteiger partial charge in [0.2, 0.25) is 0 Å². The van der Waals surface area contributed by atoms with Gasteiger partial charge in [-0.2, -0.15) is 5.26 Å². The summed E-state index contributed by atoms with van der Waals surface area (Å²) in [5.74, 6) is 0.406. The minimum absolute atomic E-state index is 0.0305. The van der Waals surface area contributed by atoms with E-state index in [0.29, 0.717) is 17.9 Å². The molecule has 0 unspecified atom stereocenters. The number of nitriles is 1. The number of nitrogens with one attached hydrogen (secondary N) is 1. The number of amides is 1. The van der Waals surface area contributed by atoms with Crippen molar-refractivity contribution < 1.29 is 9.53 Å². The molecule has 4 nitrogen and oxygen atoms in total. The fraction of sp³-hybridized carbons (Fsp3) is 0.143. The van der Waals surface area contributed by atoms with Crippen molar-refractivity contribution in [1.29, 1.82) is 5.26 Å². The van der Waals surface area contributed by atoms with Crippen LogP contribution in [0.5, 0.6) is 5.75 Å². The van der Waals surface area contributed by atoms with Gasteiger partial charge in [-0.3, -0.25) is 4.79 Å². The zero-order valence-electron chi connectivity index (χ0n) is 10.1. The Morgan fingerprint density at radius 3 is 2.74 bits per heavy atom. The molecule has 0 aliphatic carbocycles. The Balaban J connectivity index is 1.75. The lowest BCUT2D eigenvalue weighted by atomic mass is 10.2. The summed E-state index contributed by atoms with van der Waals surface area (Å²) in [6.45, 7) is 0.491. The van der Waals surface area contributed by atoms with Gasteiger partial charge in [-0.1, -0.05) is 6.07 Å². The van der Waals surface area contributed by atoms with E-state index < -0.39 is 0 Å². The lowest BCUT2D eigenvalue weighted by molar-refractivity contribution is -0.123. The molecular formula is C14H12N2O2S. The molecule has 0 aliphatic rings. The molecule has 0 bridgehead atoms. The summed E-state index contributed by atoms with van der Waals surface area (Å²) in [6, 6.07) is 12.6. The molecule has 1 aromatic heterocycles. The molecule has 0 saturated carbocycles. The second-order valence-corrected chi connectivity index (χ2v) is 4.81. The fourth-order valence-electron chi connectivity index (χ4n) is 1.42. The predicted molar refractivity (Wildman–Crippen MR) is 72.8 cm³/mol. The van der Waals surface area contributed by atoms with E-state index >= 15 is 0 Å². The third-order valence-corrected chi connectivity index (χ3v) is 3.27. The lowest BCUT2D eigenvalue weighted by Gasteiger charge is -2.06. The van der Waals surface area contributed by atoms with E-state index in [9.17, 15) is 4.79 Å². The van der Waals surface area contributed by atoms with Gasteiger partial charge in [-0.25, -0.2) is 0 Å². The average molecular weight is 272 g/mol. The number of rotatable bonds is 5. The van der Waals surface area contributed by atoms with Crippen LogP contribution in [0.1, 0.15) is 10.4 Å². The minimum atomic E-state index is -0.169. The van der Waals surface area contributed by atoms with E-state index in [1.807, 2.05) is 23.6 Å². The van der Waals surface area contributed by atoms with Gasteiger partial charge >= 0.3 is 0 Å². The van der Waals surface area contributed by atoms with Crippen LogP contribution in [-0.2, 0) is 11.3 Å². The Morgan fingerprint density at radius 2 is 2.11 bits per heavy atom. The van der Waals surface area contributed by atoms with Gasteiger partial charge in [0.05, 0.1) is 18.2 Å². The summed E-state index contributed by atoms with van der Waals surface area (Å²) in [4.78, 5) is 12.7. The first kappa shape index (κ1) is 13.1. The molecule has 0 radical (unpaired) electrons. The molecule has 1 N–H and O–H groups in total. The molecule has 1 heterocycles. The van der Waals surface area contributed by atoms with Gasteiger partial charge in [-0.05, 0) is 35.7 Å². The highest BCUT2D eigenvalue weighted by molar-refractivity contribution is 7.09. The first-order valence-corrected chi connectivity index (χ1v) is 6.58. The number of hydrogen-bond donors (Lipinski definition) is 1. The van der Waals surface area contributed by atoms with Gasteiger partial charge in [0.25, 0.3) is 5.91 Å². The Hall–Kier alpha value is -2.32. The van der Waals surface area contributed by atoms with Crippen molar-refractivity contribution in [2.24, 2.45) is 0 Å². The number of nitrogens with zero attached hydrogens (tertiary/aromatic N) is 1. The van der Waals surface area contributed by atoms with Gasteiger partial charge in [-0.15, -0.1) is 11.3 Å². The SMILES string of the molecule is N#Cc1ccc(OCC(=O)NCc2cccs2)cc1. The van der Waals surface area contributed by atoms with Crippen molar-refractivity contribution in [3.05, 3.63) is 52.2 Å². The number of benzene rings is 1. The highest BCUT2D eigenvalue weighted by Gasteiger charge is 2.03. The van der Waals surface area contributed by atoms with Gasteiger partial charge in [0.1, 0.15) is 5.75 Å². The molecular weight excluding hydrogens is 260 g/mol. The van der Waals surface area contributed by atoms with Crippen molar-refractivity contribution in [3.63, 3.8) is 0 Å². The molecule has 0 saturated heterocycles. The smallest absolute Gasteiger partial charge is 0.258 e. The number of carbonyl (C=O) groups excluding carboxylic acids is 1. The predicted octanol–water partition coefficient (Wildman–Crippen LogP) is 2.31. The van der Waals surface area contributed by atoms with Gasteiger partial charge in [0.15, 0.2) is 6.61 Å². The first-order chi connectivity index (χ1) is 9.28. The van der Waals surface area contributed by atoms with Crippen LogP contribution >= 0.6 is 11.3 Å². The number of carbonyl (C=O) groups is 1. The van der Waals surface area contributed by atoms with Crippen LogP contribution in [-0.4, -0.2) is 12.5 Å². The second-order valence-electron chi connectivity index (χ2n) is 3.78. The number of hydrogen-bond acceptors (Lipinski definition) is 4. The zero-order chi connectivity index (χ0) is 13.5. The Kier molecular flexibility index (Phi) is 4.54. The van der Waals surface area contributed by atoms with Crippen LogP contribution in [0.25, 0.3) is 0 Å². The van der Waals surface area contributed by atoms with Crippen LogP contribution in [0.3, 0.4) is 0 Å². The average Bonchev–Trinajstić information content (AvgIpc) is 2.96. The van der Waals surface area contributed by atoms with E-state index in [2.05, 4.69) is 5.32 Å². The molecule has 0 aliphatic heterocycles. The van der Waals surface area contributed by atoms with Crippen molar-refractivity contribution in [1.82, 2.24) is 5.32 Å². The second kappa shape index (κ2) is 6.57.